The van der Waals surface area contributed by atoms with Crippen molar-refractivity contribution in [1.29, 1.82) is 0 Å². The van der Waals surface area contributed by atoms with Gasteiger partial charge in [-0.1, -0.05) is 12.1 Å². The fourth-order valence-corrected chi connectivity index (χ4v) is 3.65. The standard InChI is InChI=1S/C14H13BrN2O3/c1-17-12-7(3-2-4-9(12)15)11(14(17)20)8-5-6-10(18)16-13(8)19/h2-4,8,11H,5-6H2,1H3,(H,16,18,19). The molecule has 0 aromatic heterocycles. The van der Waals surface area contributed by atoms with Crippen molar-refractivity contribution in [3.05, 3.63) is 28.2 Å². The molecule has 0 saturated carbocycles. The van der Waals surface area contributed by atoms with Crippen LogP contribution in [-0.4, -0.2) is 24.8 Å². The third-order valence-corrected chi connectivity index (χ3v) is 4.61. The Bertz CT molecular complexity index is 629. The number of hydrogen-bond donors (Lipinski definition) is 1. The van der Waals surface area contributed by atoms with Gasteiger partial charge in [-0.2, -0.15) is 0 Å². The van der Waals surface area contributed by atoms with E-state index in [4.69, 9.17) is 0 Å². The molecular weight excluding hydrogens is 324 g/mol. The molecule has 2 aliphatic heterocycles. The zero-order valence-corrected chi connectivity index (χ0v) is 12.4. The summed E-state index contributed by atoms with van der Waals surface area (Å²) in [4.78, 5) is 37.3. The summed E-state index contributed by atoms with van der Waals surface area (Å²) in [6, 6.07) is 5.60. The van der Waals surface area contributed by atoms with Crippen LogP contribution in [0.1, 0.15) is 24.3 Å². The Balaban J connectivity index is 2.03. The van der Waals surface area contributed by atoms with Crippen LogP contribution in [0.4, 0.5) is 5.69 Å². The number of nitrogens with one attached hydrogen (secondary N) is 1. The molecule has 2 heterocycles. The lowest BCUT2D eigenvalue weighted by atomic mass is 9.81. The summed E-state index contributed by atoms with van der Waals surface area (Å²) in [7, 11) is 1.71. The van der Waals surface area contributed by atoms with E-state index in [1.54, 1.807) is 11.9 Å². The van der Waals surface area contributed by atoms with E-state index >= 15 is 0 Å². The van der Waals surface area contributed by atoms with Gasteiger partial charge in [0.25, 0.3) is 0 Å². The van der Waals surface area contributed by atoms with Gasteiger partial charge in [0.1, 0.15) is 0 Å². The summed E-state index contributed by atoms with van der Waals surface area (Å²) in [5.41, 5.74) is 1.66. The fourth-order valence-electron chi connectivity index (χ4n) is 3.01. The number of rotatable bonds is 1. The number of para-hydroxylation sites is 1. The summed E-state index contributed by atoms with van der Waals surface area (Å²) in [5.74, 6) is -1.68. The number of benzene rings is 1. The van der Waals surface area contributed by atoms with Crippen molar-refractivity contribution in [2.45, 2.75) is 18.8 Å². The van der Waals surface area contributed by atoms with Crippen LogP contribution in [0.3, 0.4) is 0 Å². The lowest BCUT2D eigenvalue weighted by molar-refractivity contribution is -0.139. The number of hydrogen-bond acceptors (Lipinski definition) is 3. The lowest BCUT2D eigenvalue weighted by Crippen LogP contribution is -2.44. The number of fused-ring (bicyclic) bond motifs is 1. The maximum atomic E-state index is 12.5. The second kappa shape index (κ2) is 4.70. The van der Waals surface area contributed by atoms with E-state index in [1.807, 2.05) is 18.2 Å². The first-order chi connectivity index (χ1) is 9.50. The van der Waals surface area contributed by atoms with E-state index in [-0.39, 0.29) is 24.1 Å². The summed E-state index contributed by atoms with van der Waals surface area (Å²) in [6.45, 7) is 0. The van der Waals surface area contributed by atoms with Gasteiger partial charge in [0.15, 0.2) is 0 Å². The molecule has 1 saturated heterocycles. The van der Waals surface area contributed by atoms with E-state index in [1.165, 1.54) is 0 Å². The number of nitrogens with zero attached hydrogens (tertiary/aromatic N) is 1. The Morgan fingerprint density at radius 1 is 1.30 bits per heavy atom. The number of imide groups is 1. The molecule has 1 aromatic carbocycles. The Morgan fingerprint density at radius 3 is 2.75 bits per heavy atom. The third kappa shape index (κ3) is 1.86. The Hall–Kier alpha value is -1.69. The zero-order valence-electron chi connectivity index (χ0n) is 10.9. The van der Waals surface area contributed by atoms with Gasteiger partial charge in [-0.05, 0) is 34.0 Å². The first-order valence-electron chi connectivity index (χ1n) is 6.40. The largest absolute Gasteiger partial charge is 0.314 e. The quantitative estimate of drug-likeness (QED) is 0.791. The molecule has 3 amide bonds. The molecular formula is C14H13BrN2O3. The van der Waals surface area contributed by atoms with Gasteiger partial charge in [0, 0.05) is 17.9 Å². The van der Waals surface area contributed by atoms with E-state index < -0.39 is 11.8 Å². The second-order valence-corrected chi connectivity index (χ2v) is 5.96. The topological polar surface area (TPSA) is 66.5 Å². The number of halogens is 1. The molecule has 1 aromatic rings. The summed E-state index contributed by atoms with van der Waals surface area (Å²) < 4.78 is 0.834. The highest BCUT2D eigenvalue weighted by Gasteiger charge is 2.45. The smallest absolute Gasteiger partial charge is 0.235 e. The predicted octanol–water partition coefficient (Wildman–Crippen LogP) is 1.56. The van der Waals surface area contributed by atoms with Crippen molar-refractivity contribution >= 4 is 39.3 Å². The van der Waals surface area contributed by atoms with Gasteiger partial charge in [-0.3, -0.25) is 19.7 Å². The van der Waals surface area contributed by atoms with E-state index in [9.17, 15) is 14.4 Å². The monoisotopic (exact) mass is 336 g/mol. The Labute approximate surface area is 124 Å². The number of carbonyl (C=O) groups is 3. The minimum absolute atomic E-state index is 0.0959. The molecule has 0 aliphatic carbocycles. The lowest BCUT2D eigenvalue weighted by Gasteiger charge is -2.25. The molecule has 20 heavy (non-hydrogen) atoms. The van der Waals surface area contributed by atoms with Crippen LogP contribution >= 0.6 is 15.9 Å². The molecule has 3 rings (SSSR count). The number of likely N-dealkylation sites (N-methyl/N-ethyl adjacent to an activating group) is 1. The summed E-state index contributed by atoms with van der Waals surface area (Å²) in [6.07, 6.45) is 0.702. The Morgan fingerprint density at radius 2 is 2.05 bits per heavy atom. The normalized spacial score (nSPS) is 25.7. The van der Waals surface area contributed by atoms with Crippen LogP contribution in [-0.2, 0) is 14.4 Å². The van der Waals surface area contributed by atoms with Gasteiger partial charge in [-0.15, -0.1) is 0 Å². The summed E-state index contributed by atoms with van der Waals surface area (Å²) >= 11 is 3.44. The van der Waals surface area contributed by atoms with Crippen LogP contribution in [0.5, 0.6) is 0 Å². The average Bonchev–Trinajstić information content (AvgIpc) is 2.64. The van der Waals surface area contributed by atoms with Crippen LogP contribution in [0.15, 0.2) is 22.7 Å². The van der Waals surface area contributed by atoms with Gasteiger partial charge in [0.05, 0.1) is 17.5 Å². The maximum absolute atomic E-state index is 12.5. The Kier molecular flexibility index (Phi) is 3.12. The number of piperidine rings is 1. The number of anilines is 1. The van der Waals surface area contributed by atoms with Crippen molar-refractivity contribution in [1.82, 2.24) is 5.32 Å². The molecule has 0 spiro atoms. The first-order valence-corrected chi connectivity index (χ1v) is 7.19. The molecule has 2 aliphatic rings. The molecule has 0 bridgehead atoms. The highest BCUT2D eigenvalue weighted by molar-refractivity contribution is 9.10. The molecule has 104 valence electrons. The van der Waals surface area contributed by atoms with Crippen molar-refractivity contribution in [2.24, 2.45) is 5.92 Å². The van der Waals surface area contributed by atoms with Crippen molar-refractivity contribution < 1.29 is 14.4 Å². The molecule has 6 heteroatoms. The molecule has 1 N–H and O–H groups in total. The highest BCUT2D eigenvalue weighted by atomic mass is 79.9. The second-order valence-electron chi connectivity index (χ2n) is 5.11. The van der Waals surface area contributed by atoms with E-state index in [2.05, 4.69) is 21.2 Å². The molecule has 1 fully saturated rings. The van der Waals surface area contributed by atoms with Crippen molar-refractivity contribution in [2.75, 3.05) is 11.9 Å². The molecule has 2 atom stereocenters. The fraction of sp³-hybridized carbons (Fsp3) is 0.357. The van der Waals surface area contributed by atoms with E-state index in [0.717, 1.165) is 15.7 Å². The van der Waals surface area contributed by atoms with Crippen LogP contribution < -0.4 is 10.2 Å². The van der Waals surface area contributed by atoms with Gasteiger partial charge in [-0.25, -0.2) is 0 Å². The number of amides is 3. The van der Waals surface area contributed by atoms with E-state index in [0.29, 0.717) is 6.42 Å². The van der Waals surface area contributed by atoms with Crippen LogP contribution in [0, 0.1) is 5.92 Å². The third-order valence-electron chi connectivity index (χ3n) is 3.97. The highest BCUT2D eigenvalue weighted by Crippen LogP contribution is 2.45. The predicted molar refractivity (Wildman–Crippen MR) is 76.2 cm³/mol. The molecule has 0 radical (unpaired) electrons. The van der Waals surface area contributed by atoms with Crippen molar-refractivity contribution in [3.8, 4) is 0 Å². The maximum Gasteiger partial charge on any atom is 0.235 e. The van der Waals surface area contributed by atoms with Gasteiger partial charge in [0.2, 0.25) is 17.7 Å². The molecule has 2 unspecified atom stereocenters. The first kappa shape index (κ1) is 13.3. The SMILES string of the molecule is CN1C(=O)C(C2CCC(=O)NC2=O)c2cccc(Br)c21. The summed E-state index contributed by atoms with van der Waals surface area (Å²) in [5, 5.41) is 2.33. The van der Waals surface area contributed by atoms with Gasteiger partial charge < -0.3 is 4.90 Å². The minimum Gasteiger partial charge on any atom is -0.314 e. The minimum atomic E-state index is -0.499. The van der Waals surface area contributed by atoms with Gasteiger partial charge >= 0.3 is 0 Å². The molecule has 5 nitrogen and oxygen atoms in total. The van der Waals surface area contributed by atoms with Crippen molar-refractivity contribution in [3.63, 3.8) is 0 Å². The zero-order chi connectivity index (χ0) is 14.4. The average molecular weight is 337 g/mol. The number of carbonyl (C=O) groups excluding carboxylic acids is 3. The van der Waals surface area contributed by atoms with Crippen LogP contribution in [0.25, 0.3) is 0 Å². The van der Waals surface area contributed by atoms with Crippen LogP contribution in [0.2, 0.25) is 0 Å².